The third-order valence-corrected chi connectivity index (χ3v) is 4.77. The molecule has 3 nitrogen and oxygen atoms in total. The van der Waals surface area contributed by atoms with Gasteiger partial charge in [-0.15, -0.1) is 0 Å². The van der Waals surface area contributed by atoms with Crippen LogP contribution in [0.1, 0.15) is 23.6 Å². The van der Waals surface area contributed by atoms with Crippen LogP contribution < -0.4 is 4.90 Å². The number of ether oxygens (including phenoxy) is 1. The predicted octanol–water partition coefficient (Wildman–Crippen LogP) is 4.62. The number of fused-ring (bicyclic) bond motifs is 2. The first-order chi connectivity index (χ1) is 12.1. The number of hydrogen-bond donors (Lipinski definition) is 0. The summed E-state index contributed by atoms with van der Waals surface area (Å²) >= 11 is 0. The van der Waals surface area contributed by atoms with Crippen LogP contribution in [0.5, 0.6) is 0 Å². The molecule has 3 aromatic carbocycles. The van der Waals surface area contributed by atoms with E-state index < -0.39 is 5.60 Å². The molecule has 1 aliphatic heterocycles. The van der Waals surface area contributed by atoms with Crippen molar-refractivity contribution in [3.63, 3.8) is 0 Å². The first-order valence-electron chi connectivity index (χ1n) is 8.32. The van der Waals surface area contributed by atoms with Gasteiger partial charge in [-0.3, -0.25) is 4.79 Å². The van der Waals surface area contributed by atoms with Crippen molar-refractivity contribution >= 4 is 17.3 Å². The molecule has 0 spiro atoms. The quantitative estimate of drug-likeness (QED) is 0.642. The van der Waals surface area contributed by atoms with Crippen molar-refractivity contribution in [3.8, 4) is 0 Å². The number of carbonyl (C=O) groups is 1. The Labute approximate surface area is 147 Å². The van der Waals surface area contributed by atoms with Gasteiger partial charge in [-0.25, -0.2) is 0 Å². The standard InChI is InChI=1S/C22H19NO2/c1-16(24)25-22(17-10-4-3-5-11-17)18-12-6-8-14-20(18)23(2)21-15-9-7-13-19(21)22/h3-15H,1-2H3. The Morgan fingerprint density at radius 1 is 0.800 bits per heavy atom. The second kappa shape index (κ2) is 5.78. The van der Waals surface area contributed by atoms with E-state index in [1.807, 2.05) is 73.8 Å². The summed E-state index contributed by atoms with van der Waals surface area (Å²) in [5.74, 6) is -0.307. The third kappa shape index (κ3) is 2.23. The fourth-order valence-electron chi connectivity index (χ4n) is 3.77. The summed E-state index contributed by atoms with van der Waals surface area (Å²) in [5, 5.41) is 0. The normalized spacial score (nSPS) is 14.4. The number of esters is 1. The summed E-state index contributed by atoms with van der Waals surface area (Å²) < 4.78 is 6.10. The number of benzene rings is 3. The minimum absolute atomic E-state index is 0.307. The summed E-state index contributed by atoms with van der Waals surface area (Å²) in [7, 11) is 2.04. The highest BCUT2D eigenvalue weighted by atomic mass is 16.6. The van der Waals surface area contributed by atoms with Gasteiger partial charge in [0.1, 0.15) is 0 Å². The van der Waals surface area contributed by atoms with Crippen molar-refractivity contribution in [2.45, 2.75) is 12.5 Å². The van der Waals surface area contributed by atoms with Crippen LogP contribution in [0.4, 0.5) is 11.4 Å². The van der Waals surface area contributed by atoms with E-state index >= 15 is 0 Å². The van der Waals surface area contributed by atoms with E-state index in [1.165, 1.54) is 6.92 Å². The molecule has 1 heterocycles. The number of anilines is 2. The van der Waals surface area contributed by atoms with E-state index in [1.54, 1.807) is 0 Å². The van der Waals surface area contributed by atoms with Crippen molar-refractivity contribution in [1.29, 1.82) is 0 Å². The van der Waals surface area contributed by atoms with Gasteiger partial charge in [-0.1, -0.05) is 66.7 Å². The lowest BCUT2D eigenvalue weighted by Crippen LogP contribution is -2.40. The minimum Gasteiger partial charge on any atom is -0.444 e. The molecule has 0 aliphatic carbocycles. The molecule has 0 atom stereocenters. The average molecular weight is 329 g/mol. The molecule has 3 aromatic rings. The summed E-state index contributed by atoms with van der Waals surface area (Å²) in [5.41, 5.74) is 4.00. The molecule has 0 saturated heterocycles. The molecule has 0 saturated carbocycles. The number of nitrogens with zero attached hydrogens (tertiary/aromatic N) is 1. The van der Waals surface area contributed by atoms with Crippen molar-refractivity contribution in [1.82, 2.24) is 0 Å². The monoisotopic (exact) mass is 329 g/mol. The van der Waals surface area contributed by atoms with E-state index in [0.717, 1.165) is 28.1 Å². The summed E-state index contributed by atoms with van der Waals surface area (Å²) in [4.78, 5) is 14.3. The smallest absolute Gasteiger partial charge is 0.304 e. The van der Waals surface area contributed by atoms with Gasteiger partial charge in [0.05, 0.1) is 0 Å². The van der Waals surface area contributed by atoms with Crippen LogP contribution >= 0.6 is 0 Å². The SMILES string of the molecule is CC(=O)OC1(c2ccccc2)c2ccccc2N(C)c2ccccc21. The van der Waals surface area contributed by atoms with Gasteiger partial charge in [0.15, 0.2) is 5.60 Å². The Morgan fingerprint density at radius 2 is 1.28 bits per heavy atom. The Morgan fingerprint density at radius 3 is 1.80 bits per heavy atom. The van der Waals surface area contributed by atoms with Crippen LogP contribution in [-0.2, 0) is 15.1 Å². The predicted molar refractivity (Wildman–Crippen MR) is 99.0 cm³/mol. The Balaban J connectivity index is 2.13. The van der Waals surface area contributed by atoms with E-state index in [4.69, 9.17) is 4.74 Å². The molecule has 25 heavy (non-hydrogen) atoms. The van der Waals surface area contributed by atoms with Crippen molar-refractivity contribution in [3.05, 3.63) is 95.6 Å². The average Bonchev–Trinajstić information content (AvgIpc) is 2.66. The second-order valence-electron chi connectivity index (χ2n) is 6.23. The van der Waals surface area contributed by atoms with Crippen molar-refractivity contribution in [2.75, 3.05) is 11.9 Å². The highest BCUT2D eigenvalue weighted by molar-refractivity contribution is 5.81. The molecule has 0 bridgehead atoms. The van der Waals surface area contributed by atoms with E-state index in [2.05, 4.69) is 17.0 Å². The summed E-state index contributed by atoms with van der Waals surface area (Å²) in [6, 6.07) is 26.1. The molecule has 0 unspecified atom stereocenters. The lowest BCUT2D eigenvalue weighted by Gasteiger charge is -2.43. The van der Waals surface area contributed by atoms with Gasteiger partial charge in [0.2, 0.25) is 0 Å². The third-order valence-electron chi connectivity index (χ3n) is 4.77. The van der Waals surface area contributed by atoms with Crippen LogP contribution in [0.15, 0.2) is 78.9 Å². The zero-order valence-corrected chi connectivity index (χ0v) is 14.3. The van der Waals surface area contributed by atoms with Gasteiger partial charge in [-0.2, -0.15) is 0 Å². The maximum Gasteiger partial charge on any atom is 0.304 e. The highest BCUT2D eigenvalue weighted by Gasteiger charge is 2.46. The molecule has 0 fully saturated rings. The van der Waals surface area contributed by atoms with Gasteiger partial charge >= 0.3 is 5.97 Å². The lowest BCUT2D eigenvalue weighted by molar-refractivity contribution is -0.150. The number of para-hydroxylation sites is 2. The first-order valence-corrected chi connectivity index (χ1v) is 8.32. The zero-order chi connectivity index (χ0) is 17.4. The fourth-order valence-corrected chi connectivity index (χ4v) is 3.77. The number of rotatable bonds is 2. The van der Waals surface area contributed by atoms with Crippen LogP contribution in [0.2, 0.25) is 0 Å². The first kappa shape index (κ1) is 15.5. The number of carbonyl (C=O) groups excluding carboxylic acids is 1. The molecule has 4 rings (SSSR count). The van der Waals surface area contributed by atoms with Crippen molar-refractivity contribution in [2.24, 2.45) is 0 Å². The highest BCUT2D eigenvalue weighted by Crippen LogP contribution is 2.52. The molecular weight excluding hydrogens is 310 g/mol. The van der Waals surface area contributed by atoms with Crippen LogP contribution in [-0.4, -0.2) is 13.0 Å². The van der Waals surface area contributed by atoms with Crippen molar-refractivity contribution < 1.29 is 9.53 Å². The van der Waals surface area contributed by atoms with Crippen LogP contribution in [0.3, 0.4) is 0 Å². The minimum atomic E-state index is -0.952. The lowest BCUT2D eigenvalue weighted by atomic mass is 9.76. The van der Waals surface area contributed by atoms with Gasteiger partial charge < -0.3 is 9.64 Å². The molecule has 124 valence electrons. The van der Waals surface area contributed by atoms with Gasteiger partial charge in [-0.05, 0) is 12.1 Å². The maximum atomic E-state index is 12.2. The summed E-state index contributed by atoms with van der Waals surface area (Å²) in [6.07, 6.45) is 0. The maximum absolute atomic E-state index is 12.2. The molecule has 0 N–H and O–H groups in total. The topological polar surface area (TPSA) is 29.5 Å². The number of hydrogen-bond acceptors (Lipinski definition) is 3. The molecule has 0 radical (unpaired) electrons. The second-order valence-corrected chi connectivity index (χ2v) is 6.23. The van der Waals surface area contributed by atoms with E-state index in [0.29, 0.717) is 0 Å². The van der Waals surface area contributed by atoms with Crippen LogP contribution in [0, 0.1) is 0 Å². The van der Waals surface area contributed by atoms with Gasteiger partial charge in [0, 0.05) is 42.0 Å². The fraction of sp³-hybridized carbons (Fsp3) is 0.136. The van der Waals surface area contributed by atoms with E-state index in [9.17, 15) is 4.79 Å². The Hall–Kier alpha value is -3.07. The van der Waals surface area contributed by atoms with Crippen LogP contribution in [0.25, 0.3) is 0 Å². The largest absolute Gasteiger partial charge is 0.444 e. The molecule has 0 aromatic heterocycles. The molecule has 1 aliphatic rings. The molecule has 0 amide bonds. The molecule has 3 heteroatoms. The molecular formula is C22H19NO2. The zero-order valence-electron chi connectivity index (χ0n) is 14.3. The summed E-state index contributed by atoms with van der Waals surface area (Å²) in [6.45, 7) is 1.47. The van der Waals surface area contributed by atoms with E-state index in [-0.39, 0.29) is 5.97 Å². The Bertz CT molecular complexity index is 886. The van der Waals surface area contributed by atoms with Gasteiger partial charge in [0.25, 0.3) is 0 Å². The Kier molecular flexibility index (Phi) is 3.57.